The summed E-state index contributed by atoms with van der Waals surface area (Å²) in [6.45, 7) is 4.21. The fraction of sp³-hybridized carbons (Fsp3) is 0.273. The summed E-state index contributed by atoms with van der Waals surface area (Å²) in [6.07, 6.45) is 3.71. The summed E-state index contributed by atoms with van der Waals surface area (Å²) < 4.78 is 0. The predicted octanol–water partition coefficient (Wildman–Crippen LogP) is 4.39. The second kappa shape index (κ2) is 9.37. The zero-order valence-corrected chi connectivity index (χ0v) is 17.3. The van der Waals surface area contributed by atoms with E-state index in [9.17, 15) is 4.79 Å². The minimum absolute atomic E-state index is 0.148. The Morgan fingerprint density at radius 2 is 1.89 bits per heavy atom. The molecule has 0 spiro atoms. The van der Waals surface area contributed by atoms with Gasteiger partial charge in [0.25, 0.3) is 5.91 Å². The number of hydrogen-bond acceptors (Lipinski definition) is 5. The van der Waals surface area contributed by atoms with E-state index in [1.54, 1.807) is 29.3 Å². The van der Waals surface area contributed by atoms with Crippen LogP contribution in [0.2, 0.25) is 0 Å². The van der Waals surface area contributed by atoms with Crippen LogP contribution in [-0.2, 0) is 12.3 Å². The smallest absolute Gasteiger partial charge is 0.255 e. The van der Waals surface area contributed by atoms with E-state index < -0.39 is 0 Å². The van der Waals surface area contributed by atoms with E-state index in [0.29, 0.717) is 0 Å². The van der Waals surface area contributed by atoms with Crippen molar-refractivity contribution in [1.29, 1.82) is 0 Å². The average molecular weight is 410 g/mol. The molecule has 144 valence electrons. The largest absolute Gasteiger partial charge is 0.336 e. The van der Waals surface area contributed by atoms with Crippen molar-refractivity contribution >= 4 is 29.0 Å². The van der Waals surface area contributed by atoms with Crippen LogP contribution in [0, 0.1) is 0 Å². The molecule has 6 heteroatoms. The van der Waals surface area contributed by atoms with Crippen LogP contribution < -0.4 is 0 Å². The summed E-state index contributed by atoms with van der Waals surface area (Å²) in [5.74, 6) is 1.05. The number of piperazine rings is 1. The first kappa shape index (κ1) is 19.2. The Kier molecular flexibility index (Phi) is 6.41. The third-order valence-electron chi connectivity index (χ3n) is 4.86. The first-order valence-electron chi connectivity index (χ1n) is 9.44. The van der Waals surface area contributed by atoms with Crippen molar-refractivity contribution in [3.8, 4) is 0 Å². The lowest BCUT2D eigenvalue weighted by atomic mass is 10.1. The van der Waals surface area contributed by atoms with E-state index >= 15 is 0 Å². The number of nitrogens with zero attached hydrogens (tertiary/aromatic N) is 3. The molecular formula is C22H23N3OS2. The topological polar surface area (TPSA) is 36.4 Å². The molecule has 0 aliphatic carbocycles. The molecule has 28 heavy (non-hydrogen) atoms. The van der Waals surface area contributed by atoms with E-state index in [-0.39, 0.29) is 5.91 Å². The van der Waals surface area contributed by atoms with E-state index in [4.69, 9.17) is 0 Å². The van der Waals surface area contributed by atoms with Crippen molar-refractivity contribution in [2.45, 2.75) is 17.2 Å². The molecule has 0 atom stereocenters. The third kappa shape index (κ3) is 4.82. The third-order valence-corrected chi connectivity index (χ3v) is 7.04. The molecule has 0 N–H and O–H groups in total. The molecule has 4 rings (SSSR count). The fourth-order valence-corrected chi connectivity index (χ4v) is 5.16. The van der Waals surface area contributed by atoms with Gasteiger partial charge < -0.3 is 4.90 Å². The van der Waals surface area contributed by atoms with E-state index in [0.717, 1.165) is 48.9 Å². The van der Waals surface area contributed by atoms with Gasteiger partial charge in [0.15, 0.2) is 0 Å². The van der Waals surface area contributed by atoms with Crippen LogP contribution in [0.25, 0.3) is 0 Å². The molecule has 4 nitrogen and oxygen atoms in total. The van der Waals surface area contributed by atoms with E-state index in [2.05, 4.69) is 39.5 Å². The maximum atomic E-state index is 13.1. The quantitative estimate of drug-likeness (QED) is 0.566. The molecule has 0 unspecified atom stereocenters. The number of carbonyl (C=O) groups excluding carboxylic acids is 1. The second-order valence-electron chi connectivity index (χ2n) is 6.79. The van der Waals surface area contributed by atoms with E-state index in [1.807, 2.05) is 35.4 Å². The van der Waals surface area contributed by atoms with Gasteiger partial charge in [0, 0.05) is 60.6 Å². The fourth-order valence-electron chi connectivity index (χ4n) is 3.34. The number of thioether (sulfide) groups is 1. The van der Waals surface area contributed by atoms with Gasteiger partial charge in [-0.05, 0) is 35.2 Å². The Bertz CT molecular complexity index is 891. The normalized spacial score (nSPS) is 14.9. The lowest BCUT2D eigenvalue weighted by Crippen LogP contribution is -2.48. The Morgan fingerprint density at radius 3 is 2.64 bits per heavy atom. The van der Waals surface area contributed by atoms with Crippen molar-refractivity contribution < 1.29 is 4.79 Å². The number of hydrogen-bond donors (Lipinski definition) is 0. The maximum absolute atomic E-state index is 13.1. The number of benzene rings is 1. The van der Waals surface area contributed by atoms with Crippen molar-refractivity contribution in [1.82, 2.24) is 14.8 Å². The van der Waals surface area contributed by atoms with Crippen molar-refractivity contribution in [2.75, 3.05) is 26.2 Å². The molecule has 0 saturated carbocycles. The number of aromatic nitrogens is 1. The van der Waals surface area contributed by atoms with Crippen LogP contribution in [0.15, 0.2) is 71.2 Å². The Balaban J connectivity index is 1.36. The molecule has 0 bridgehead atoms. The van der Waals surface area contributed by atoms with Crippen LogP contribution >= 0.6 is 23.1 Å². The van der Waals surface area contributed by atoms with Gasteiger partial charge >= 0.3 is 0 Å². The van der Waals surface area contributed by atoms with Gasteiger partial charge in [-0.25, -0.2) is 0 Å². The predicted molar refractivity (Wildman–Crippen MR) is 116 cm³/mol. The second-order valence-corrected chi connectivity index (χ2v) is 8.84. The lowest BCUT2D eigenvalue weighted by molar-refractivity contribution is 0.0625. The van der Waals surface area contributed by atoms with Crippen molar-refractivity contribution in [3.05, 3.63) is 82.3 Å². The van der Waals surface area contributed by atoms with Crippen LogP contribution in [0.3, 0.4) is 0 Å². The number of thiophene rings is 1. The highest BCUT2D eigenvalue weighted by Gasteiger charge is 2.23. The molecule has 3 heterocycles. The van der Waals surface area contributed by atoms with Crippen molar-refractivity contribution in [3.63, 3.8) is 0 Å². The minimum atomic E-state index is 0.148. The van der Waals surface area contributed by atoms with Gasteiger partial charge in [0.05, 0.1) is 5.56 Å². The minimum Gasteiger partial charge on any atom is -0.336 e. The van der Waals surface area contributed by atoms with Crippen LogP contribution in [0.1, 0.15) is 20.8 Å². The molecule has 3 aromatic rings. The van der Waals surface area contributed by atoms with Crippen LogP contribution in [-0.4, -0.2) is 46.9 Å². The molecule has 1 aliphatic rings. The lowest BCUT2D eigenvalue weighted by Gasteiger charge is -2.35. The zero-order chi connectivity index (χ0) is 19.2. The molecule has 1 amide bonds. The number of pyridine rings is 1. The summed E-state index contributed by atoms with van der Waals surface area (Å²) in [5.41, 5.74) is 2.04. The van der Waals surface area contributed by atoms with Crippen molar-refractivity contribution in [2.24, 2.45) is 0 Å². The number of amides is 1. The highest BCUT2D eigenvalue weighted by molar-refractivity contribution is 7.98. The van der Waals surface area contributed by atoms with Crippen LogP contribution in [0.4, 0.5) is 0 Å². The Hall–Kier alpha value is -2.15. The van der Waals surface area contributed by atoms with Gasteiger partial charge in [-0.1, -0.05) is 24.3 Å². The maximum Gasteiger partial charge on any atom is 0.255 e. The zero-order valence-electron chi connectivity index (χ0n) is 15.7. The van der Waals surface area contributed by atoms with Gasteiger partial charge in [0.2, 0.25) is 0 Å². The Labute approximate surface area is 174 Å². The molecular weight excluding hydrogens is 386 g/mol. The summed E-state index contributed by atoms with van der Waals surface area (Å²) >= 11 is 3.50. The highest BCUT2D eigenvalue weighted by atomic mass is 32.2. The average Bonchev–Trinajstić information content (AvgIpc) is 3.27. The first-order chi connectivity index (χ1) is 13.8. The van der Waals surface area contributed by atoms with Gasteiger partial charge in [-0.2, -0.15) is 0 Å². The van der Waals surface area contributed by atoms with Gasteiger partial charge in [-0.15, -0.1) is 23.1 Å². The first-order valence-corrected chi connectivity index (χ1v) is 11.3. The molecule has 1 fully saturated rings. The molecule has 1 saturated heterocycles. The molecule has 1 aliphatic heterocycles. The summed E-state index contributed by atoms with van der Waals surface area (Å²) in [5, 5.41) is 2.10. The highest BCUT2D eigenvalue weighted by Crippen LogP contribution is 2.29. The SMILES string of the molecule is O=C(c1ccccc1SCc1cccs1)N1CCN(Cc2cccnc2)CC1. The summed E-state index contributed by atoms with van der Waals surface area (Å²) in [4.78, 5) is 24.1. The van der Waals surface area contributed by atoms with Gasteiger partial charge in [0.1, 0.15) is 0 Å². The summed E-state index contributed by atoms with van der Waals surface area (Å²) in [6, 6.07) is 16.3. The molecule has 2 aromatic heterocycles. The number of rotatable bonds is 6. The molecule has 1 aromatic carbocycles. The van der Waals surface area contributed by atoms with Gasteiger partial charge in [-0.3, -0.25) is 14.7 Å². The number of carbonyl (C=O) groups is 1. The molecule has 0 radical (unpaired) electrons. The standard InChI is InChI=1S/C22H23N3OS2/c26-22(20-7-1-2-8-21(20)28-17-19-6-4-14-27-19)25-12-10-24(11-13-25)16-18-5-3-9-23-15-18/h1-9,14-15H,10-13,16-17H2. The van der Waals surface area contributed by atoms with Crippen LogP contribution in [0.5, 0.6) is 0 Å². The monoisotopic (exact) mass is 409 g/mol. The van der Waals surface area contributed by atoms with E-state index in [1.165, 1.54) is 10.4 Å². The Morgan fingerprint density at radius 1 is 1.04 bits per heavy atom. The summed E-state index contributed by atoms with van der Waals surface area (Å²) in [7, 11) is 0.